The van der Waals surface area contributed by atoms with E-state index in [1.54, 1.807) is 4.90 Å². The quantitative estimate of drug-likeness (QED) is 0.786. The Hall–Kier alpha value is -1.10. The third-order valence-corrected chi connectivity index (χ3v) is 4.98. The SMILES string of the molecule is CCC[C@@H](OC(=O)N1C(C)(C)COC1(C)C)C1CCCC(=O)C1. The molecule has 0 bridgehead atoms. The van der Waals surface area contributed by atoms with E-state index in [1.165, 1.54) is 0 Å². The van der Waals surface area contributed by atoms with Crippen LogP contribution in [0.15, 0.2) is 0 Å². The molecule has 1 heterocycles. The summed E-state index contributed by atoms with van der Waals surface area (Å²) < 4.78 is 11.7. The van der Waals surface area contributed by atoms with Crippen LogP contribution in [-0.2, 0) is 14.3 Å². The lowest BCUT2D eigenvalue weighted by Gasteiger charge is -2.39. The maximum atomic E-state index is 12.8. The van der Waals surface area contributed by atoms with Crippen molar-refractivity contribution < 1.29 is 19.1 Å². The van der Waals surface area contributed by atoms with Crippen molar-refractivity contribution in [3.63, 3.8) is 0 Å². The van der Waals surface area contributed by atoms with Gasteiger partial charge in [-0.2, -0.15) is 0 Å². The largest absolute Gasteiger partial charge is 0.446 e. The van der Waals surface area contributed by atoms with Crippen LogP contribution >= 0.6 is 0 Å². The van der Waals surface area contributed by atoms with Gasteiger partial charge in [-0.25, -0.2) is 4.79 Å². The molecule has 0 spiro atoms. The minimum Gasteiger partial charge on any atom is -0.446 e. The number of hydrogen-bond acceptors (Lipinski definition) is 4. The van der Waals surface area contributed by atoms with Gasteiger partial charge in [-0.15, -0.1) is 0 Å². The first-order valence-corrected chi connectivity index (χ1v) is 8.84. The average Bonchev–Trinajstić information content (AvgIpc) is 2.67. The Morgan fingerprint density at radius 2 is 2.09 bits per heavy atom. The third-order valence-electron chi connectivity index (χ3n) is 4.98. The number of Topliss-reactive ketones (excluding diaryl/α,β-unsaturated/α-hetero) is 1. The van der Waals surface area contributed by atoms with Gasteiger partial charge in [0.2, 0.25) is 0 Å². The number of amides is 1. The summed E-state index contributed by atoms with van der Waals surface area (Å²) in [5, 5.41) is 0. The molecular formula is C18H31NO4. The van der Waals surface area contributed by atoms with Crippen molar-refractivity contribution in [3.8, 4) is 0 Å². The van der Waals surface area contributed by atoms with Gasteiger partial charge >= 0.3 is 6.09 Å². The van der Waals surface area contributed by atoms with E-state index >= 15 is 0 Å². The molecule has 2 atom stereocenters. The Morgan fingerprint density at radius 3 is 2.61 bits per heavy atom. The molecule has 2 rings (SSSR count). The highest BCUT2D eigenvalue weighted by Crippen LogP contribution is 2.36. The first-order valence-electron chi connectivity index (χ1n) is 8.84. The molecule has 1 saturated carbocycles. The van der Waals surface area contributed by atoms with Crippen LogP contribution in [0.4, 0.5) is 4.79 Å². The molecule has 1 aliphatic carbocycles. The van der Waals surface area contributed by atoms with Gasteiger partial charge < -0.3 is 9.47 Å². The summed E-state index contributed by atoms with van der Waals surface area (Å²) in [6.07, 6.45) is 4.33. The van der Waals surface area contributed by atoms with E-state index in [-0.39, 0.29) is 23.7 Å². The second kappa shape index (κ2) is 6.80. The predicted molar refractivity (Wildman–Crippen MR) is 88.1 cm³/mol. The highest BCUT2D eigenvalue weighted by molar-refractivity contribution is 5.79. The molecule has 23 heavy (non-hydrogen) atoms. The van der Waals surface area contributed by atoms with Gasteiger partial charge in [0.1, 0.15) is 17.6 Å². The molecule has 2 fully saturated rings. The molecule has 5 heteroatoms. The van der Waals surface area contributed by atoms with E-state index in [9.17, 15) is 9.59 Å². The Labute approximate surface area is 139 Å². The van der Waals surface area contributed by atoms with E-state index in [1.807, 2.05) is 27.7 Å². The van der Waals surface area contributed by atoms with Gasteiger partial charge in [-0.1, -0.05) is 13.3 Å². The molecule has 0 radical (unpaired) electrons. The maximum absolute atomic E-state index is 12.8. The highest BCUT2D eigenvalue weighted by atomic mass is 16.6. The molecule has 1 amide bonds. The first kappa shape index (κ1) is 18.2. The van der Waals surface area contributed by atoms with Gasteiger partial charge in [0.15, 0.2) is 0 Å². The van der Waals surface area contributed by atoms with Crippen LogP contribution in [0.5, 0.6) is 0 Å². The number of nitrogens with zero attached hydrogens (tertiary/aromatic N) is 1. The van der Waals surface area contributed by atoms with Crippen molar-refractivity contribution in [2.24, 2.45) is 5.92 Å². The number of carbonyl (C=O) groups is 2. The maximum Gasteiger partial charge on any atom is 0.412 e. The van der Waals surface area contributed by atoms with Crippen molar-refractivity contribution in [2.45, 2.75) is 90.5 Å². The number of carbonyl (C=O) groups excluding carboxylic acids is 2. The normalized spacial score (nSPS) is 27.8. The van der Waals surface area contributed by atoms with Gasteiger partial charge in [-0.05, 0) is 47.0 Å². The zero-order valence-electron chi connectivity index (χ0n) is 15.2. The van der Waals surface area contributed by atoms with E-state index in [0.717, 1.165) is 25.7 Å². The zero-order chi connectivity index (χ0) is 17.3. The van der Waals surface area contributed by atoms with Crippen LogP contribution in [0.3, 0.4) is 0 Å². The summed E-state index contributed by atoms with van der Waals surface area (Å²) in [5.74, 6) is 0.457. The highest BCUT2D eigenvalue weighted by Gasteiger charge is 2.50. The number of ketones is 1. The van der Waals surface area contributed by atoms with Crippen LogP contribution in [0.1, 0.15) is 73.1 Å². The van der Waals surface area contributed by atoms with Gasteiger partial charge in [0, 0.05) is 18.8 Å². The Kier molecular flexibility index (Phi) is 5.39. The molecule has 0 N–H and O–H groups in total. The van der Waals surface area contributed by atoms with Gasteiger partial charge in [-0.3, -0.25) is 9.69 Å². The molecule has 1 unspecified atom stereocenters. The van der Waals surface area contributed by atoms with E-state index < -0.39 is 5.72 Å². The monoisotopic (exact) mass is 325 g/mol. The second-order valence-corrected chi connectivity index (χ2v) is 7.99. The Bertz CT molecular complexity index is 442. The molecule has 2 aliphatic rings. The van der Waals surface area contributed by atoms with Crippen molar-refractivity contribution in [1.29, 1.82) is 0 Å². The van der Waals surface area contributed by atoms with Crippen LogP contribution in [0.25, 0.3) is 0 Å². The van der Waals surface area contributed by atoms with Gasteiger partial charge in [0.05, 0.1) is 12.1 Å². The van der Waals surface area contributed by atoms with Crippen LogP contribution in [0.2, 0.25) is 0 Å². The Morgan fingerprint density at radius 1 is 1.39 bits per heavy atom. The molecule has 0 aromatic rings. The van der Waals surface area contributed by atoms with Crippen molar-refractivity contribution in [1.82, 2.24) is 4.90 Å². The molecular weight excluding hydrogens is 294 g/mol. The lowest BCUT2D eigenvalue weighted by Crippen LogP contribution is -2.54. The van der Waals surface area contributed by atoms with Gasteiger partial charge in [0.25, 0.3) is 0 Å². The minimum absolute atomic E-state index is 0.162. The molecule has 5 nitrogen and oxygen atoms in total. The van der Waals surface area contributed by atoms with Crippen LogP contribution < -0.4 is 0 Å². The van der Waals surface area contributed by atoms with E-state index in [4.69, 9.17) is 9.47 Å². The van der Waals surface area contributed by atoms with Crippen molar-refractivity contribution in [2.75, 3.05) is 6.61 Å². The lowest BCUT2D eigenvalue weighted by molar-refractivity contribution is -0.123. The summed E-state index contributed by atoms with van der Waals surface area (Å²) in [4.78, 5) is 26.3. The van der Waals surface area contributed by atoms with E-state index in [2.05, 4.69) is 6.92 Å². The molecule has 132 valence electrons. The lowest BCUT2D eigenvalue weighted by atomic mass is 9.83. The molecule has 1 aliphatic heterocycles. The number of rotatable bonds is 4. The van der Waals surface area contributed by atoms with Crippen LogP contribution in [0, 0.1) is 5.92 Å². The third kappa shape index (κ3) is 4.06. The summed E-state index contributed by atoms with van der Waals surface area (Å²) >= 11 is 0. The zero-order valence-corrected chi connectivity index (χ0v) is 15.2. The summed E-state index contributed by atoms with van der Waals surface area (Å²) in [6.45, 7) is 10.3. The molecule has 0 aromatic carbocycles. The average molecular weight is 325 g/mol. The molecule has 1 saturated heterocycles. The predicted octanol–water partition coefficient (Wildman–Crippen LogP) is 3.90. The fourth-order valence-electron chi connectivity index (χ4n) is 3.91. The van der Waals surface area contributed by atoms with Crippen molar-refractivity contribution in [3.05, 3.63) is 0 Å². The fraction of sp³-hybridized carbons (Fsp3) is 0.889. The number of hydrogen-bond donors (Lipinski definition) is 0. The standard InChI is InChI=1S/C18H31NO4/c1-6-8-15(13-9-7-10-14(20)11-13)23-16(21)19-17(2,3)12-22-18(19,4)5/h13,15H,6-12H2,1-5H3/t13?,15-/m1/s1. The number of ether oxygens (including phenoxy) is 2. The topological polar surface area (TPSA) is 55.8 Å². The second-order valence-electron chi connectivity index (χ2n) is 7.99. The first-order chi connectivity index (χ1) is 10.7. The minimum atomic E-state index is -0.667. The van der Waals surface area contributed by atoms with Crippen molar-refractivity contribution >= 4 is 11.9 Å². The van der Waals surface area contributed by atoms with E-state index in [0.29, 0.717) is 25.2 Å². The summed E-state index contributed by atoms with van der Waals surface area (Å²) in [7, 11) is 0. The fourth-order valence-corrected chi connectivity index (χ4v) is 3.91. The van der Waals surface area contributed by atoms with Crippen LogP contribution in [-0.4, -0.2) is 40.8 Å². The summed E-state index contributed by atoms with van der Waals surface area (Å²) in [5.41, 5.74) is -1.06. The smallest absolute Gasteiger partial charge is 0.412 e. The Balaban J connectivity index is 2.09. The molecule has 0 aromatic heterocycles. The summed E-state index contributed by atoms with van der Waals surface area (Å²) in [6, 6.07) is 0.